The summed E-state index contributed by atoms with van der Waals surface area (Å²) in [4.78, 5) is 17.1. The number of nitrogens with zero attached hydrogens (tertiary/aromatic N) is 2. The SMILES string of the molecule is Cc1nc(C(C)(C)NC(=O)C2C3CNCC32)n2cccc(F)c12. The molecule has 2 fully saturated rings. The Balaban J connectivity index is 1.64. The molecule has 2 N–H and O–H groups in total. The number of fused-ring (bicyclic) bond motifs is 2. The van der Waals surface area contributed by atoms with E-state index in [4.69, 9.17) is 0 Å². The Morgan fingerprint density at radius 1 is 1.43 bits per heavy atom. The molecule has 2 aromatic heterocycles. The summed E-state index contributed by atoms with van der Waals surface area (Å²) in [6.07, 6.45) is 1.79. The van der Waals surface area contributed by atoms with Crippen LogP contribution in [0.4, 0.5) is 4.39 Å². The lowest BCUT2D eigenvalue weighted by Crippen LogP contribution is -2.44. The summed E-state index contributed by atoms with van der Waals surface area (Å²) in [5, 5.41) is 6.41. The number of piperidine rings is 1. The van der Waals surface area contributed by atoms with Crippen molar-refractivity contribution in [1.82, 2.24) is 20.0 Å². The number of amides is 1. The molecule has 1 amide bonds. The number of hydrogen-bond acceptors (Lipinski definition) is 3. The van der Waals surface area contributed by atoms with E-state index in [0.717, 1.165) is 13.1 Å². The second kappa shape index (κ2) is 4.77. The lowest BCUT2D eigenvalue weighted by Gasteiger charge is -2.25. The van der Waals surface area contributed by atoms with E-state index >= 15 is 0 Å². The molecule has 2 aliphatic rings. The van der Waals surface area contributed by atoms with Gasteiger partial charge in [0, 0.05) is 12.1 Å². The fourth-order valence-electron chi connectivity index (χ4n) is 3.97. The molecule has 23 heavy (non-hydrogen) atoms. The minimum Gasteiger partial charge on any atom is -0.344 e. The van der Waals surface area contributed by atoms with Crippen molar-refractivity contribution in [3.8, 4) is 0 Å². The number of aryl methyl sites for hydroxylation is 1. The zero-order chi connectivity index (χ0) is 16.4. The van der Waals surface area contributed by atoms with E-state index in [0.29, 0.717) is 28.9 Å². The van der Waals surface area contributed by atoms with Crippen LogP contribution in [0.15, 0.2) is 18.3 Å². The third-order valence-corrected chi connectivity index (χ3v) is 5.18. The van der Waals surface area contributed by atoms with Gasteiger partial charge in [-0.3, -0.25) is 9.20 Å². The van der Waals surface area contributed by atoms with Crippen LogP contribution in [0, 0.1) is 30.5 Å². The molecule has 0 spiro atoms. The van der Waals surface area contributed by atoms with Gasteiger partial charge in [-0.2, -0.15) is 0 Å². The maximum absolute atomic E-state index is 14.1. The van der Waals surface area contributed by atoms with Crippen LogP contribution in [-0.4, -0.2) is 28.4 Å². The van der Waals surface area contributed by atoms with Crippen LogP contribution in [0.3, 0.4) is 0 Å². The Labute approximate surface area is 134 Å². The first kappa shape index (κ1) is 14.6. The number of carbonyl (C=O) groups is 1. The fourth-order valence-corrected chi connectivity index (χ4v) is 3.97. The van der Waals surface area contributed by atoms with Crippen molar-refractivity contribution in [1.29, 1.82) is 0 Å². The number of imidazole rings is 1. The lowest BCUT2D eigenvalue weighted by molar-refractivity contribution is -0.124. The van der Waals surface area contributed by atoms with Crippen LogP contribution in [0.25, 0.3) is 5.52 Å². The van der Waals surface area contributed by atoms with Crippen molar-refractivity contribution in [3.63, 3.8) is 0 Å². The Morgan fingerprint density at radius 2 is 2.13 bits per heavy atom. The van der Waals surface area contributed by atoms with E-state index in [1.54, 1.807) is 23.6 Å². The molecule has 2 aromatic rings. The molecule has 1 aliphatic heterocycles. The number of nitrogens with one attached hydrogen (secondary N) is 2. The predicted octanol–water partition coefficient (Wildman–Crippen LogP) is 1.60. The standard InChI is InChI=1S/C17H21FN4O/c1-9-14-12(18)5-4-6-22(14)16(20-9)17(2,3)21-15(23)13-10-7-19-8-11(10)13/h4-6,10-11,13,19H,7-8H2,1-3H3,(H,21,23). The average Bonchev–Trinajstić information content (AvgIpc) is 2.81. The Morgan fingerprint density at radius 3 is 2.83 bits per heavy atom. The molecule has 2 unspecified atom stereocenters. The van der Waals surface area contributed by atoms with Crippen molar-refractivity contribution in [2.75, 3.05) is 13.1 Å². The zero-order valence-electron chi connectivity index (χ0n) is 13.6. The largest absolute Gasteiger partial charge is 0.344 e. The second-order valence-corrected chi connectivity index (χ2v) is 7.22. The third-order valence-electron chi connectivity index (χ3n) is 5.18. The van der Waals surface area contributed by atoms with Crippen molar-refractivity contribution in [2.45, 2.75) is 26.3 Å². The van der Waals surface area contributed by atoms with Gasteiger partial charge in [0.05, 0.1) is 11.2 Å². The van der Waals surface area contributed by atoms with Crippen molar-refractivity contribution >= 4 is 11.4 Å². The molecule has 1 saturated heterocycles. The molecule has 5 nitrogen and oxygen atoms in total. The number of halogens is 1. The average molecular weight is 316 g/mol. The number of aromatic nitrogens is 2. The summed E-state index contributed by atoms with van der Waals surface area (Å²) in [7, 11) is 0. The van der Waals surface area contributed by atoms with Gasteiger partial charge in [-0.05, 0) is 57.8 Å². The van der Waals surface area contributed by atoms with Gasteiger partial charge < -0.3 is 10.6 Å². The van der Waals surface area contributed by atoms with Crippen LogP contribution >= 0.6 is 0 Å². The maximum atomic E-state index is 14.1. The van der Waals surface area contributed by atoms with E-state index in [9.17, 15) is 9.18 Å². The van der Waals surface area contributed by atoms with Gasteiger partial charge in [0.1, 0.15) is 17.2 Å². The molecule has 3 heterocycles. The van der Waals surface area contributed by atoms with E-state index in [2.05, 4.69) is 15.6 Å². The zero-order valence-corrected chi connectivity index (χ0v) is 13.6. The molecule has 0 radical (unpaired) electrons. The highest BCUT2D eigenvalue weighted by atomic mass is 19.1. The third kappa shape index (κ3) is 2.16. The Kier molecular flexibility index (Phi) is 3.04. The van der Waals surface area contributed by atoms with E-state index in [1.165, 1.54) is 6.07 Å². The van der Waals surface area contributed by atoms with Crippen LogP contribution < -0.4 is 10.6 Å². The molecule has 122 valence electrons. The molecule has 6 heteroatoms. The van der Waals surface area contributed by atoms with Crippen LogP contribution in [0.1, 0.15) is 25.4 Å². The molecule has 4 rings (SSSR count). The predicted molar refractivity (Wildman–Crippen MR) is 84.4 cm³/mol. The van der Waals surface area contributed by atoms with Crippen LogP contribution in [-0.2, 0) is 10.3 Å². The van der Waals surface area contributed by atoms with Crippen LogP contribution in [0.5, 0.6) is 0 Å². The normalized spacial score (nSPS) is 26.3. The van der Waals surface area contributed by atoms with Gasteiger partial charge in [-0.25, -0.2) is 9.37 Å². The van der Waals surface area contributed by atoms with Gasteiger partial charge in [0.2, 0.25) is 5.91 Å². The quantitative estimate of drug-likeness (QED) is 0.904. The minimum atomic E-state index is -0.660. The molecular weight excluding hydrogens is 295 g/mol. The van der Waals surface area contributed by atoms with Gasteiger partial charge in [0.25, 0.3) is 0 Å². The maximum Gasteiger partial charge on any atom is 0.224 e. The smallest absolute Gasteiger partial charge is 0.224 e. The van der Waals surface area contributed by atoms with Gasteiger partial charge in [-0.1, -0.05) is 0 Å². The minimum absolute atomic E-state index is 0.0808. The molecule has 1 aliphatic carbocycles. The Bertz CT molecular complexity index is 787. The molecule has 0 aromatic carbocycles. The van der Waals surface area contributed by atoms with E-state index < -0.39 is 5.54 Å². The van der Waals surface area contributed by atoms with E-state index in [-0.39, 0.29) is 17.6 Å². The summed E-state index contributed by atoms with van der Waals surface area (Å²) in [5.74, 6) is 1.50. The molecule has 2 atom stereocenters. The fraction of sp³-hybridized carbons (Fsp3) is 0.529. The summed E-state index contributed by atoms with van der Waals surface area (Å²) < 4.78 is 15.8. The lowest BCUT2D eigenvalue weighted by atomic mass is 10.0. The Hall–Kier alpha value is -1.95. The first-order valence-corrected chi connectivity index (χ1v) is 8.06. The summed E-state index contributed by atoms with van der Waals surface area (Å²) in [6, 6.07) is 3.08. The van der Waals surface area contributed by atoms with Crippen LogP contribution in [0.2, 0.25) is 0 Å². The molecular formula is C17H21FN4O. The molecule has 1 saturated carbocycles. The van der Waals surface area contributed by atoms with Gasteiger partial charge >= 0.3 is 0 Å². The topological polar surface area (TPSA) is 58.4 Å². The van der Waals surface area contributed by atoms with Gasteiger partial charge in [-0.15, -0.1) is 0 Å². The van der Waals surface area contributed by atoms with Gasteiger partial charge in [0.15, 0.2) is 0 Å². The van der Waals surface area contributed by atoms with Crippen molar-refractivity contribution in [3.05, 3.63) is 35.7 Å². The van der Waals surface area contributed by atoms with E-state index in [1.807, 2.05) is 13.8 Å². The number of hydrogen-bond donors (Lipinski definition) is 2. The second-order valence-electron chi connectivity index (χ2n) is 7.22. The highest BCUT2D eigenvalue weighted by Crippen LogP contribution is 2.49. The van der Waals surface area contributed by atoms with Crippen molar-refractivity contribution < 1.29 is 9.18 Å². The monoisotopic (exact) mass is 316 g/mol. The molecule has 0 bridgehead atoms. The first-order chi connectivity index (χ1) is 10.9. The number of pyridine rings is 1. The number of rotatable bonds is 3. The summed E-state index contributed by atoms with van der Waals surface area (Å²) >= 11 is 0. The summed E-state index contributed by atoms with van der Waals surface area (Å²) in [6.45, 7) is 7.48. The van der Waals surface area contributed by atoms with Crippen molar-refractivity contribution in [2.24, 2.45) is 17.8 Å². The number of carbonyl (C=O) groups excluding carboxylic acids is 1. The first-order valence-electron chi connectivity index (χ1n) is 8.06. The highest BCUT2D eigenvalue weighted by Gasteiger charge is 2.57. The highest BCUT2D eigenvalue weighted by molar-refractivity contribution is 5.83. The summed E-state index contributed by atoms with van der Waals surface area (Å²) in [5.41, 5.74) is 0.442.